The van der Waals surface area contributed by atoms with Gasteiger partial charge < -0.3 is 5.32 Å². The van der Waals surface area contributed by atoms with Crippen LogP contribution in [0, 0.1) is 16.4 Å². The number of rotatable bonds is 6. The van der Waals surface area contributed by atoms with E-state index in [1.54, 1.807) is 0 Å². The monoisotopic (exact) mass is 401 g/mol. The van der Waals surface area contributed by atoms with E-state index in [1.165, 1.54) is 42.1 Å². The largest absolute Gasteiger partial charge is 0.369 e. The summed E-state index contributed by atoms with van der Waals surface area (Å²) in [5.74, 6) is 3.61. The second-order valence-electron chi connectivity index (χ2n) is 6.26. The van der Waals surface area contributed by atoms with Gasteiger partial charge in [0.05, 0.1) is 9.26 Å². The van der Waals surface area contributed by atoms with Crippen molar-refractivity contribution in [3.63, 3.8) is 0 Å². The zero-order valence-electron chi connectivity index (χ0n) is 13.6. The third-order valence-electron chi connectivity index (χ3n) is 4.49. The van der Waals surface area contributed by atoms with E-state index in [0.717, 1.165) is 36.2 Å². The molecule has 0 unspecified atom stereocenters. The van der Waals surface area contributed by atoms with E-state index in [4.69, 9.17) is 9.97 Å². The first-order chi connectivity index (χ1) is 10.2. The van der Waals surface area contributed by atoms with Crippen LogP contribution in [-0.2, 0) is 0 Å². The summed E-state index contributed by atoms with van der Waals surface area (Å²) in [6.07, 6.45) is 9.06. The number of nitrogens with one attached hydrogen (secondary N) is 1. The molecule has 1 heterocycles. The number of aromatic nitrogens is 2. The van der Waals surface area contributed by atoms with Crippen molar-refractivity contribution >= 4 is 28.4 Å². The van der Waals surface area contributed by atoms with Crippen molar-refractivity contribution in [2.75, 3.05) is 11.9 Å². The van der Waals surface area contributed by atoms with E-state index < -0.39 is 0 Å². The van der Waals surface area contributed by atoms with Crippen molar-refractivity contribution in [2.45, 2.75) is 71.6 Å². The molecule has 1 aromatic rings. The summed E-state index contributed by atoms with van der Waals surface area (Å²) in [5.41, 5.74) is 1.12. The Hall–Kier alpha value is -0.390. The molecule has 1 N–H and O–H groups in total. The summed E-state index contributed by atoms with van der Waals surface area (Å²) in [4.78, 5) is 9.61. The Bertz CT molecular complexity index is 454. The average Bonchev–Trinajstić information content (AvgIpc) is 2.50. The van der Waals surface area contributed by atoms with Crippen LogP contribution in [0.25, 0.3) is 0 Å². The number of nitrogens with zero attached hydrogens (tertiary/aromatic N) is 2. The van der Waals surface area contributed by atoms with Gasteiger partial charge in [-0.2, -0.15) is 0 Å². The molecule has 1 aliphatic carbocycles. The van der Waals surface area contributed by atoms with Crippen LogP contribution in [0.2, 0.25) is 0 Å². The first-order valence-electron chi connectivity index (χ1n) is 8.43. The van der Waals surface area contributed by atoms with Crippen LogP contribution in [-0.4, -0.2) is 16.5 Å². The number of halogens is 1. The SMILES string of the molecule is CCCNc1nc(C2CCC(CCC)CC2)nc(C)c1I. The van der Waals surface area contributed by atoms with Crippen molar-refractivity contribution in [1.82, 2.24) is 9.97 Å². The van der Waals surface area contributed by atoms with Gasteiger partial charge in [-0.1, -0.05) is 26.7 Å². The number of hydrogen-bond donors (Lipinski definition) is 1. The number of hydrogen-bond acceptors (Lipinski definition) is 3. The Balaban J connectivity index is 2.08. The number of anilines is 1. The van der Waals surface area contributed by atoms with Gasteiger partial charge in [-0.25, -0.2) is 9.97 Å². The van der Waals surface area contributed by atoms with Gasteiger partial charge in [0.15, 0.2) is 0 Å². The Kier molecular flexibility index (Phi) is 6.71. The van der Waals surface area contributed by atoms with Crippen molar-refractivity contribution in [3.8, 4) is 0 Å². The van der Waals surface area contributed by atoms with E-state index in [2.05, 4.69) is 48.7 Å². The lowest BCUT2D eigenvalue weighted by molar-refractivity contribution is 0.302. The quantitative estimate of drug-likeness (QED) is 0.659. The molecule has 0 bridgehead atoms. The fourth-order valence-corrected chi connectivity index (χ4v) is 3.67. The zero-order valence-corrected chi connectivity index (χ0v) is 15.7. The molecular weight excluding hydrogens is 373 g/mol. The van der Waals surface area contributed by atoms with Gasteiger partial charge in [0.1, 0.15) is 11.6 Å². The Morgan fingerprint density at radius 3 is 2.43 bits per heavy atom. The minimum absolute atomic E-state index is 0.566. The van der Waals surface area contributed by atoms with Crippen molar-refractivity contribution in [1.29, 1.82) is 0 Å². The van der Waals surface area contributed by atoms with Crippen LogP contribution < -0.4 is 5.32 Å². The van der Waals surface area contributed by atoms with Crippen LogP contribution in [0.3, 0.4) is 0 Å². The molecule has 0 aliphatic heterocycles. The molecule has 1 aromatic heterocycles. The molecule has 3 nitrogen and oxygen atoms in total. The van der Waals surface area contributed by atoms with Crippen LogP contribution in [0.15, 0.2) is 0 Å². The molecule has 4 heteroatoms. The molecule has 1 fully saturated rings. The maximum Gasteiger partial charge on any atom is 0.143 e. The molecule has 118 valence electrons. The summed E-state index contributed by atoms with van der Waals surface area (Å²) in [5, 5.41) is 3.45. The first kappa shape index (κ1) is 17.0. The molecule has 0 spiro atoms. The second-order valence-corrected chi connectivity index (χ2v) is 7.34. The molecule has 1 saturated carbocycles. The minimum atomic E-state index is 0.566. The van der Waals surface area contributed by atoms with Crippen molar-refractivity contribution in [3.05, 3.63) is 15.1 Å². The summed E-state index contributed by atoms with van der Waals surface area (Å²) < 4.78 is 1.17. The maximum absolute atomic E-state index is 4.84. The second kappa shape index (κ2) is 8.30. The molecule has 1 aliphatic rings. The fourth-order valence-electron chi connectivity index (χ4n) is 3.24. The van der Waals surface area contributed by atoms with Crippen molar-refractivity contribution in [2.24, 2.45) is 5.92 Å². The summed E-state index contributed by atoms with van der Waals surface area (Å²) in [7, 11) is 0. The highest BCUT2D eigenvalue weighted by atomic mass is 127. The molecule has 0 radical (unpaired) electrons. The molecule has 0 saturated heterocycles. The van der Waals surface area contributed by atoms with E-state index in [0.29, 0.717) is 5.92 Å². The van der Waals surface area contributed by atoms with Gasteiger partial charge in [0.2, 0.25) is 0 Å². The van der Waals surface area contributed by atoms with Crippen LogP contribution in [0.5, 0.6) is 0 Å². The van der Waals surface area contributed by atoms with Crippen LogP contribution >= 0.6 is 22.6 Å². The molecule has 0 amide bonds. The van der Waals surface area contributed by atoms with E-state index in [1.807, 2.05) is 0 Å². The van der Waals surface area contributed by atoms with Gasteiger partial charge in [0.25, 0.3) is 0 Å². The third-order valence-corrected chi connectivity index (χ3v) is 5.78. The number of aryl methyl sites for hydroxylation is 1. The Morgan fingerprint density at radius 1 is 1.10 bits per heavy atom. The topological polar surface area (TPSA) is 37.8 Å². The predicted molar refractivity (Wildman–Crippen MR) is 97.9 cm³/mol. The van der Waals surface area contributed by atoms with Gasteiger partial charge in [-0.15, -0.1) is 0 Å². The van der Waals surface area contributed by atoms with Gasteiger partial charge in [-0.05, 0) is 67.5 Å². The standard InChI is InChI=1S/C17H28IN3/c1-4-6-13-7-9-14(10-8-13)16-20-12(3)15(18)17(21-16)19-11-5-2/h13-14H,4-11H2,1-3H3,(H,19,20,21). The maximum atomic E-state index is 4.84. The first-order valence-corrected chi connectivity index (χ1v) is 9.51. The van der Waals surface area contributed by atoms with Gasteiger partial charge in [0, 0.05) is 12.5 Å². The smallest absolute Gasteiger partial charge is 0.143 e. The predicted octanol–water partition coefficient (Wildman–Crippen LogP) is 5.29. The zero-order chi connectivity index (χ0) is 15.2. The average molecular weight is 401 g/mol. The summed E-state index contributed by atoms with van der Waals surface area (Å²) in [6.45, 7) is 7.56. The summed E-state index contributed by atoms with van der Waals surface area (Å²) >= 11 is 2.36. The molecule has 21 heavy (non-hydrogen) atoms. The van der Waals surface area contributed by atoms with E-state index in [-0.39, 0.29) is 0 Å². The van der Waals surface area contributed by atoms with Gasteiger partial charge in [-0.3, -0.25) is 0 Å². The highest BCUT2D eigenvalue weighted by Gasteiger charge is 2.24. The van der Waals surface area contributed by atoms with Crippen LogP contribution in [0.4, 0.5) is 5.82 Å². The molecule has 0 aromatic carbocycles. The van der Waals surface area contributed by atoms with Crippen molar-refractivity contribution < 1.29 is 0 Å². The Labute approximate surface area is 142 Å². The molecular formula is C17H28IN3. The normalized spacial score (nSPS) is 22.3. The highest BCUT2D eigenvalue weighted by molar-refractivity contribution is 14.1. The minimum Gasteiger partial charge on any atom is -0.369 e. The Morgan fingerprint density at radius 2 is 1.81 bits per heavy atom. The van der Waals surface area contributed by atoms with Crippen LogP contribution in [0.1, 0.15) is 76.2 Å². The molecule has 0 atom stereocenters. The highest BCUT2D eigenvalue weighted by Crippen LogP contribution is 2.37. The lowest BCUT2D eigenvalue weighted by Gasteiger charge is -2.28. The van der Waals surface area contributed by atoms with Gasteiger partial charge >= 0.3 is 0 Å². The molecule has 2 rings (SSSR count). The van der Waals surface area contributed by atoms with E-state index >= 15 is 0 Å². The summed E-state index contributed by atoms with van der Waals surface area (Å²) in [6, 6.07) is 0. The third kappa shape index (κ3) is 4.54. The lowest BCUT2D eigenvalue weighted by Crippen LogP contribution is -2.17. The fraction of sp³-hybridized carbons (Fsp3) is 0.765. The van der Waals surface area contributed by atoms with E-state index in [9.17, 15) is 0 Å². The lowest BCUT2D eigenvalue weighted by atomic mass is 9.80.